The lowest BCUT2D eigenvalue weighted by Crippen LogP contribution is -2.42. The highest BCUT2D eigenvalue weighted by molar-refractivity contribution is 7.98. The zero-order valence-electron chi connectivity index (χ0n) is 12.2. The zero-order valence-corrected chi connectivity index (χ0v) is 13.0. The van der Waals surface area contributed by atoms with E-state index in [1.54, 1.807) is 43.0 Å². The number of benzene rings is 1. The molecule has 0 bridgehead atoms. The van der Waals surface area contributed by atoms with Crippen LogP contribution in [0.3, 0.4) is 0 Å². The van der Waals surface area contributed by atoms with Crippen LogP contribution in [0.25, 0.3) is 0 Å². The van der Waals surface area contributed by atoms with Gasteiger partial charge in [0, 0.05) is 11.1 Å². The number of amides is 1. The van der Waals surface area contributed by atoms with Gasteiger partial charge in [-0.3, -0.25) is 4.79 Å². The van der Waals surface area contributed by atoms with Gasteiger partial charge in [-0.2, -0.15) is 11.8 Å². The van der Waals surface area contributed by atoms with Crippen molar-refractivity contribution >= 4 is 23.6 Å². The SMILES string of the molecule is C#Cc1ccc(C(=O)N[C@@H](CCSC)C(=O)OCC)cc1. The summed E-state index contributed by atoms with van der Waals surface area (Å²) in [6.07, 6.45) is 7.75. The number of hydrogen-bond acceptors (Lipinski definition) is 4. The minimum atomic E-state index is -0.628. The molecule has 0 aromatic heterocycles. The molecule has 0 unspecified atom stereocenters. The molecule has 0 saturated heterocycles. The normalized spacial score (nSPS) is 11.3. The average molecular weight is 305 g/mol. The maximum absolute atomic E-state index is 12.1. The first-order chi connectivity index (χ1) is 10.1. The Balaban J connectivity index is 2.73. The van der Waals surface area contributed by atoms with Gasteiger partial charge in [0.05, 0.1) is 6.61 Å². The monoisotopic (exact) mass is 305 g/mol. The van der Waals surface area contributed by atoms with Gasteiger partial charge in [0.25, 0.3) is 5.91 Å². The summed E-state index contributed by atoms with van der Waals surface area (Å²) in [5.41, 5.74) is 1.17. The van der Waals surface area contributed by atoms with Gasteiger partial charge >= 0.3 is 5.97 Å². The topological polar surface area (TPSA) is 55.4 Å². The van der Waals surface area contributed by atoms with Crippen molar-refractivity contribution in [1.82, 2.24) is 5.32 Å². The number of esters is 1. The molecule has 1 aromatic carbocycles. The second-order valence-electron chi connectivity index (χ2n) is 4.28. The molecule has 0 aliphatic heterocycles. The first-order valence-electron chi connectivity index (χ1n) is 6.65. The Morgan fingerprint density at radius 1 is 1.38 bits per heavy atom. The van der Waals surface area contributed by atoms with Crippen molar-refractivity contribution in [3.8, 4) is 12.3 Å². The quantitative estimate of drug-likeness (QED) is 0.619. The largest absolute Gasteiger partial charge is 0.464 e. The zero-order chi connectivity index (χ0) is 15.7. The molecular formula is C16H19NO3S. The van der Waals surface area contributed by atoms with Gasteiger partial charge in [0.15, 0.2) is 0 Å². The van der Waals surface area contributed by atoms with Gasteiger partial charge in [-0.1, -0.05) is 5.92 Å². The summed E-state index contributed by atoms with van der Waals surface area (Å²) >= 11 is 1.61. The van der Waals surface area contributed by atoms with Crippen LogP contribution in [0, 0.1) is 12.3 Å². The molecule has 0 fully saturated rings. The molecule has 21 heavy (non-hydrogen) atoms. The first-order valence-corrected chi connectivity index (χ1v) is 8.04. The molecule has 1 rings (SSSR count). The van der Waals surface area contributed by atoms with Gasteiger partial charge in [0.2, 0.25) is 0 Å². The number of carbonyl (C=O) groups is 2. The number of ether oxygens (including phenoxy) is 1. The van der Waals surface area contributed by atoms with Crippen molar-refractivity contribution in [2.75, 3.05) is 18.6 Å². The van der Waals surface area contributed by atoms with Crippen LogP contribution in [0.2, 0.25) is 0 Å². The minimum absolute atomic E-state index is 0.293. The van der Waals surface area contributed by atoms with Gasteiger partial charge in [-0.05, 0) is 49.6 Å². The first kappa shape index (κ1) is 17.1. The van der Waals surface area contributed by atoms with Crippen LogP contribution in [0.15, 0.2) is 24.3 Å². The summed E-state index contributed by atoms with van der Waals surface area (Å²) in [7, 11) is 0. The fourth-order valence-corrected chi connectivity index (χ4v) is 2.16. The van der Waals surface area contributed by atoms with Crippen LogP contribution in [0.1, 0.15) is 29.3 Å². The van der Waals surface area contributed by atoms with E-state index in [4.69, 9.17) is 11.2 Å². The predicted octanol–water partition coefficient (Wildman–Crippen LogP) is 2.08. The molecule has 1 aromatic rings. The molecule has 0 saturated carbocycles. The molecule has 0 aliphatic rings. The van der Waals surface area contributed by atoms with Gasteiger partial charge < -0.3 is 10.1 Å². The molecule has 0 aliphatic carbocycles. The van der Waals surface area contributed by atoms with Crippen LogP contribution in [-0.4, -0.2) is 36.5 Å². The smallest absolute Gasteiger partial charge is 0.328 e. The van der Waals surface area contributed by atoms with Crippen molar-refractivity contribution in [3.63, 3.8) is 0 Å². The van der Waals surface area contributed by atoms with Crippen molar-refractivity contribution in [1.29, 1.82) is 0 Å². The van der Waals surface area contributed by atoms with Crippen molar-refractivity contribution in [2.45, 2.75) is 19.4 Å². The number of hydrogen-bond donors (Lipinski definition) is 1. The van der Waals surface area contributed by atoms with Crippen LogP contribution >= 0.6 is 11.8 Å². The number of carbonyl (C=O) groups excluding carboxylic acids is 2. The summed E-state index contributed by atoms with van der Waals surface area (Å²) < 4.78 is 4.98. The van der Waals surface area contributed by atoms with Crippen molar-refractivity contribution < 1.29 is 14.3 Å². The van der Waals surface area contributed by atoms with E-state index in [9.17, 15) is 9.59 Å². The Labute approximate surface area is 129 Å². The van der Waals surface area contributed by atoms with E-state index in [0.29, 0.717) is 24.2 Å². The maximum atomic E-state index is 12.1. The lowest BCUT2D eigenvalue weighted by molar-refractivity contribution is -0.145. The lowest BCUT2D eigenvalue weighted by atomic mass is 10.1. The second-order valence-corrected chi connectivity index (χ2v) is 5.27. The molecule has 5 heteroatoms. The Morgan fingerprint density at radius 2 is 2.05 bits per heavy atom. The second kappa shape index (κ2) is 9.09. The molecular weight excluding hydrogens is 286 g/mol. The van der Waals surface area contributed by atoms with E-state index in [-0.39, 0.29) is 5.91 Å². The van der Waals surface area contributed by atoms with Crippen LogP contribution in [-0.2, 0) is 9.53 Å². The van der Waals surface area contributed by atoms with E-state index in [2.05, 4.69) is 11.2 Å². The number of thioether (sulfide) groups is 1. The predicted molar refractivity (Wildman–Crippen MR) is 85.3 cm³/mol. The summed E-state index contributed by atoms with van der Waals surface area (Å²) in [4.78, 5) is 24.0. The highest BCUT2D eigenvalue weighted by Gasteiger charge is 2.22. The van der Waals surface area contributed by atoms with E-state index in [1.807, 2.05) is 6.26 Å². The number of rotatable bonds is 7. The fraction of sp³-hybridized carbons (Fsp3) is 0.375. The summed E-state index contributed by atoms with van der Waals surface area (Å²) in [6, 6.07) is 6.03. The van der Waals surface area contributed by atoms with E-state index >= 15 is 0 Å². The number of nitrogens with one attached hydrogen (secondary N) is 1. The fourth-order valence-electron chi connectivity index (χ4n) is 1.69. The third-order valence-corrected chi connectivity index (χ3v) is 3.44. The molecule has 0 radical (unpaired) electrons. The molecule has 0 spiro atoms. The molecule has 112 valence electrons. The van der Waals surface area contributed by atoms with Crippen LogP contribution in [0.5, 0.6) is 0 Å². The third kappa shape index (κ3) is 5.52. The summed E-state index contributed by atoms with van der Waals surface area (Å²) in [5, 5.41) is 2.71. The highest BCUT2D eigenvalue weighted by atomic mass is 32.2. The number of terminal acetylenes is 1. The van der Waals surface area contributed by atoms with Gasteiger partial charge in [-0.15, -0.1) is 6.42 Å². The van der Waals surface area contributed by atoms with Gasteiger partial charge in [0.1, 0.15) is 6.04 Å². The standard InChI is InChI=1S/C16H19NO3S/c1-4-12-6-8-13(9-7-12)15(18)17-14(10-11-21-3)16(19)20-5-2/h1,6-9,14H,5,10-11H2,2-3H3,(H,17,18)/t14-/m0/s1. The molecule has 1 atom stereocenters. The Kier molecular flexibility index (Phi) is 7.41. The summed E-state index contributed by atoms with van der Waals surface area (Å²) in [5.74, 6) is 2.54. The van der Waals surface area contributed by atoms with Crippen LogP contribution < -0.4 is 5.32 Å². The molecule has 4 nitrogen and oxygen atoms in total. The highest BCUT2D eigenvalue weighted by Crippen LogP contribution is 2.07. The Hall–Kier alpha value is -1.93. The van der Waals surface area contributed by atoms with E-state index < -0.39 is 12.0 Å². The van der Waals surface area contributed by atoms with E-state index in [0.717, 1.165) is 5.75 Å². The molecule has 1 N–H and O–H groups in total. The van der Waals surface area contributed by atoms with E-state index in [1.165, 1.54) is 0 Å². The Morgan fingerprint density at radius 3 is 2.57 bits per heavy atom. The minimum Gasteiger partial charge on any atom is -0.464 e. The van der Waals surface area contributed by atoms with Gasteiger partial charge in [-0.25, -0.2) is 4.79 Å². The summed E-state index contributed by atoms with van der Waals surface area (Å²) in [6.45, 7) is 2.03. The van der Waals surface area contributed by atoms with Crippen molar-refractivity contribution in [2.24, 2.45) is 0 Å². The van der Waals surface area contributed by atoms with Crippen molar-refractivity contribution in [3.05, 3.63) is 35.4 Å². The average Bonchev–Trinajstić information content (AvgIpc) is 2.51. The molecule has 1 amide bonds. The lowest BCUT2D eigenvalue weighted by Gasteiger charge is -2.16. The Bertz CT molecular complexity index is 519. The molecule has 0 heterocycles. The third-order valence-electron chi connectivity index (χ3n) is 2.80. The van der Waals surface area contributed by atoms with Crippen LogP contribution in [0.4, 0.5) is 0 Å². The maximum Gasteiger partial charge on any atom is 0.328 e.